The summed E-state index contributed by atoms with van der Waals surface area (Å²) in [6.07, 6.45) is -2.39. The molecule has 3 N–H and O–H groups in total. The highest BCUT2D eigenvalue weighted by molar-refractivity contribution is 7.93. The van der Waals surface area contributed by atoms with Gasteiger partial charge in [-0.1, -0.05) is 6.07 Å². The number of sulfone groups is 1. The molecule has 1 saturated heterocycles. The van der Waals surface area contributed by atoms with Crippen LogP contribution in [-0.4, -0.2) is 49.3 Å². The highest BCUT2D eigenvalue weighted by Gasteiger charge is 2.53. The lowest BCUT2D eigenvalue weighted by Crippen LogP contribution is -2.65. The number of allylic oxidation sites excluding steroid dienone is 1. The van der Waals surface area contributed by atoms with Crippen molar-refractivity contribution in [3.63, 3.8) is 0 Å². The highest BCUT2D eigenvalue weighted by Crippen LogP contribution is 2.42. The van der Waals surface area contributed by atoms with Gasteiger partial charge in [-0.2, -0.15) is 13.2 Å². The third-order valence-electron chi connectivity index (χ3n) is 6.28. The monoisotopic (exact) mass is 497 g/mol. The van der Waals surface area contributed by atoms with Crippen LogP contribution < -0.4 is 10.6 Å². The summed E-state index contributed by atoms with van der Waals surface area (Å²) < 4.78 is 62.9. The molecule has 8 nitrogen and oxygen atoms in total. The van der Waals surface area contributed by atoms with Crippen molar-refractivity contribution in [3.05, 3.63) is 41.2 Å². The fourth-order valence-electron chi connectivity index (χ4n) is 4.04. The Morgan fingerprint density at radius 1 is 1.32 bits per heavy atom. The van der Waals surface area contributed by atoms with Gasteiger partial charge in [0.1, 0.15) is 16.3 Å². The van der Waals surface area contributed by atoms with Gasteiger partial charge >= 0.3 is 6.18 Å². The Hall–Kier alpha value is -3.02. The number of amidine groups is 1. The summed E-state index contributed by atoms with van der Waals surface area (Å²) in [6, 6.07) is 5.06. The number of halogens is 3. The van der Waals surface area contributed by atoms with Crippen molar-refractivity contribution >= 4 is 39.7 Å². The molecule has 1 aromatic carbocycles. The Balaban J connectivity index is 1.92. The molecular weight excluding hydrogens is 471 g/mol. The van der Waals surface area contributed by atoms with Crippen LogP contribution in [0.5, 0.6) is 0 Å². The minimum Gasteiger partial charge on any atom is -0.362 e. The predicted molar refractivity (Wildman–Crippen MR) is 125 cm³/mol. The molecule has 1 aromatic rings. The van der Waals surface area contributed by atoms with E-state index >= 15 is 0 Å². The number of amides is 1. The minimum atomic E-state index is -4.75. The van der Waals surface area contributed by atoms with Gasteiger partial charge in [0.05, 0.1) is 17.5 Å². The Morgan fingerprint density at radius 3 is 2.59 bits per heavy atom. The van der Waals surface area contributed by atoms with Gasteiger partial charge in [0.25, 0.3) is 5.91 Å². The van der Waals surface area contributed by atoms with E-state index in [1.807, 2.05) is 0 Å². The first-order valence-corrected chi connectivity index (χ1v) is 12.1. The molecule has 1 heterocycles. The maximum absolute atomic E-state index is 13.0. The lowest BCUT2D eigenvalue weighted by atomic mass is 9.76. The second-order valence-corrected chi connectivity index (χ2v) is 11.5. The van der Waals surface area contributed by atoms with E-state index in [-0.39, 0.29) is 17.3 Å². The Morgan fingerprint density at radius 2 is 2.00 bits per heavy atom. The smallest absolute Gasteiger partial charge is 0.362 e. The van der Waals surface area contributed by atoms with Gasteiger partial charge in [-0.15, -0.1) is 0 Å². The first kappa shape index (κ1) is 25.6. The van der Waals surface area contributed by atoms with Crippen LogP contribution in [0, 0.1) is 5.41 Å². The van der Waals surface area contributed by atoms with E-state index < -0.39 is 37.9 Å². The number of anilines is 1. The second kappa shape index (κ2) is 8.64. The Kier molecular flexibility index (Phi) is 6.51. The van der Waals surface area contributed by atoms with Gasteiger partial charge in [-0.3, -0.25) is 20.2 Å². The zero-order chi connectivity index (χ0) is 25.5. The molecule has 3 rings (SSSR count). The molecule has 1 fully saturated rings. The zero-order valence-corrected chi connectivity index (χ0v) is 19.8. The number of carbonyl (C=O) groups is 1. The number of hydrogen-bond acceptors (Lipinski definition) is 6. The number of nitrogens with zero attached hydrogens (tertiary/aromatic N) is 2. The van der Waals surface area contributed by atoms with E-state index in [2.05, 4.69) is 27.3 Å². The van der Waals surface area contributed by atoms with Crippen molar-refractivity contribution in [2.75, 3.05) is 11.1 Å². The van der Waals surface area contributed by atoms with Crippen molar-refractivity contribution < 1.29 is 26.4 Å². The lowest BCUT2D eigenvalue weighted by Gasteiger charge is -2.47. The van der Waals surface area contributed by atoms with Gasteiger partial charge in [0, 0.05) is 5.69 Å². The molecular formula is C22H26F3N5O3S. The molecule has 0 radical (unpaired) electrons. The number of carbonyl (C=O) groups excluding carboxylic acids is 1. The quantitative estimate of drug-likeness (QED) is 0.551. The van der Waals surface area contributed by atoms with E-state index in [9.17, 15) is 26.4 Å². The first-order chi connectivity index (χ1) is 15.6. The van der Waals surface area contributed by atoms with Crippen LogP contribution in [0.4, 0.5) is 18.9 Å². The van der Waals surface area contributed by atoms with E-state index in [0.717, 1.165) is 12.0 Å². The first-order valence-electron chi connectivity index (χ1n) is 10.5. The fraction of sp³-hybridized carbons (Fsp3) is 0.455. The molecule has 12 heteroatoms. The molecule has 1 amide bonds. The topological polar surface area (TPSA) is 124 Å². The predicted octanol–water partition coefficient (Wildman–Crippen LogP) is 3.50. The van der Waals surface area contributed by atoms with Gasteiger partial charge < -0.3 is 10.6 Å². The second-order valence-electron chi connectivity index (χ2n) is 8.92. The number of aliphatic imine (C=N–C) groups is 2. The fourth-order valence-corrected chi connectivity index (χ4v) is 5.78. The van der Waals surface area contributed by atoms with Crippen molar-refractivity contribution in [1.82, 2.24) is 5.32 Å². The van der Waals surface area contributed by atoms with Crippen molar-refractivity contribution in [1.29, 1.82) is 5.41 Å². The third kappa shape index (κ3) is 4.63. The summed E-state index contributed by atoms with van der Waals surface area (Å²) in [5.74, 6) is -1.02. The van der Waals surface area contributed by atoms with Crippen LogP contribution in [0.25, 0.3) is 0 Å². The van der Waals surface area contributed by atoms with Crippen molar-refractivity contribution in [2.45, 2.75) is 56.5 Å². The average Bonchev–Trinajstić information content (AvgIpc) is 2.72. The van der Waals surface area contributed by atoms with Crippen LogP contribution in [0.1, 0.15) is 44.7 Å². The summed E-state index contributed by atoms with van der Waals surface area (Å²) >= 11 is 0. The van der Waals surface area contributed by atoms with Crippen molar-refractivity contribution in [2.24, 2.45) is 9.98 Å². The molecule has 184 valence electrons. The van der Waals surface area contributed by atoms with Gasteiger partial charge in [0.15, 0.2) is 15.5 Å². The molecule has 34 heavy (non-hydrogen) atoms. The maximum Gasteiger partial charge on any atom is 0.434 e. The third-order valence-corrected chi connectivity index (χ3v) is 8.92. The van der Waals surface area contributed by atoms with Gasteiger partial charge in [-0.05, 0) is 70.0 Å². The molecule has 0 bridgehead atoms. The van der Waals surface area contributed by atoms with Crippen LogP contribution in [0.3, 0.4) is 0 Å². The summed E-state index contributed by atoms with van der Waals surface area (Å²) in [6.45, 7) is 7.09. The number of rotatable bonds is 4. The molecule has 1 aliphatic heterocycles. The lowest BCUT2D eigenvalue weighted by molar-refractivity contribution is -0.110. The van der Waals surface area contributed by atoms with Crippen LogP contribution in [0.15, 0.2) is 40.1 Å². The molecule has 1 spiro atoms. The summed E-state index contributed by atoms with van der Waals surface area (Å²) in [5, 5.41) is 14.1. The zero-order valence-electron chi connectivity index (χ0n) is 19.0. The van der Waals surface area contributed by atoms with E-state index in [0.29, 0.717) is 30.3 Å². The van der Waals surface area contributed by atoms with Gasteiger partial charge in [-0.25, -0.2) is 8.42 Å². The molecule has 1 atom stereocenters. The van der Waals surface area contributed by atoms with Crippen LogP contribution in [0.2, 0.25) is 0 Å². The number of fused-ring (bicyclic) bond motifs is 2. The van der Waals surface area contributed by atoms with Crippen LogP contribution in [-0.2, 0) is 26.6 Å². The number of nitrogens with one attached hydrogen (secondary N) is 3. The SMILES string of the molecule is C=N/C(=C\N=C(/C)C(=O)Nc1ccc2c(c1)[C@]1(CCC2)CS(=O)(=O)C(C)(C)C(=N)N1)C(F)(F)F. The van der Waals surface area contributed by atoms with Crippen molar-refractivity contribution in [3.8, 4) is 0 Å². The number of aryl methyl sites for hydroxylation is 1. The Bertz CT molecular complexity index is 1220. The summed E-state index contributed by atoms with van der Waals surface area (Å²) in [4.78, 5) is 18.9. The van der Waals surface area contributed by atoms with E-state index in [4.69, 9.17) is 5.41 Å². The number of hydrogen-bond donors (Lipinski definition) is 3. The highest BCUT2D eigenvalue weighted by atomic mass is 32.2. The summed E-state index contributed by atoms with van der Waals surface area (Å²) in [5.41, 5.74) is -0.658. The molecule has 2 aliphatic rings. The number of alkyl halides is 3. The molecule has 0 aromatic heterocycles. The molecule has 0 saturated carbocycles. The maximum atomic E-state index is 13.0. The Labute approximate surface area is 195 Å². The average molecular weight is 498 g/mol. The molecule has 1 aliphatic carbocycles. The van der Waals surface area contributed by atoms with Crippen LogP contribution >= 0.6 is 0 Å². The summed E-state index contributed by atoms with van der Waals surface area (Å²) in [7, 11) is -3.65. The largest absolute Gasteiger partial charge is 0.434 e. The van der Waals surface area contributed by atoms with E-state index in [1.54, 1.807) is 18.2 Å². The molecule has 0 unspecified atom stereocenters. The minimum absolute atomic E-state index is 0.0906. The number of benzene rings is 1. The standard InChI is InChI=1S/C22H26F3N5O3S/c1-13(28-11-17(27-4)22(23,24)25)18(31)29-15-8-7-14-6-5-9-21(16(14)10-15)12-34(32,33)20(2,3)19(26)30-21/h7-8,10-11H,4-6,9,12H2,1-3H3,(H2,26,30)(H,29,31)/b17-11-,28-13+/t21-/m0/s1. The normalized spacial score (nSPS) is 24.2. The van der Waals surface area contributed by atoms with Gasteiger partial charge in [0.2, 0.25) is 0 Å². The van der Waals surface area contributed by atoms with E-state index in [1.165, 1.54) is 20.8 Å².